The Kier molecular flexibility index (Phi) is 14.9. The van der Waals surface area contributed by atoms with Crippen LogP contribution >= 0.6 is 0 Å². The molecule has 1 aromatic carbocycles. The zero-order valence-electron chi connectivity index (χ0n) is 31.2. The summed E-state index contributed by atoms with van der Waals surface area (Å²) in [6, 6.07) is 8.43. The molecule has 51 heavy (non-hydrogen) atoms. The van der Waals surface area contributed by atoms with E-state index in [1.165, 1.54) is 0 Å². The molecule has 4 rings (SSSR count). The molecule has 1 unspecified atom stereocenters. The first kappa shape index (κ1) is 42.1. The molecule has 0 radical (unpaired) electrons. The Morgan fingerprint density at radius 3 is 2.37 bits per heavy atom. The number of aliphatic hydroxyl groups excluding tert-OH is 1. The molecule has 3 heterocycles. The normalized spacial score (nSPS) is 31.1. The number of benzene rings is 1. The lowest BCUT2D eigenvalue weighted by Gasteiger charge is -2.38. The van der Waals surface area contributed by atoms with Crippen molar-refractivity contribution >= 4 is 20.0 Å². The minimum absolute atomic E-state index is 0.129. The van der Waals surface area contributed by atoms with Gasteiger partial charge in [0.15, 0.2) is 15.6 Å². The van der Waals surface area contributed by atoms with Gasteiger partial charge in [-0.25, -0.2) is 8.42 Å². The van der Waals surface area contributed by atoms with Crippen LogP contribution in [0.3, 0.4) is 0 Å². The minimum Gasteiger partial charge on any atom is -0.389 e. The summed E-state index contributed by atoms with van der Waals surface area (Å²) in [5.41, 5.74) is 1.45. The maximum Gasteiger partial charge on any atom is 0.264 e. The van der Waals surface area contributed by atoms with Gasteiger partial charge in [0.25, 0.3) is 10.1 Å². The van der Waals surface area contributed by atoms with Crippen LogP contribution in [0.2, 0.25) is 0 Å². The molecule has 10 atom stereocenters. The van der Waals surface area contributed by atoms with Gasteiger partial charge >= 0.3 is 0 Å². The lowest BCUT2D eigenvalue weighted by molar-refractivity contribution is -0.144. The van der Waals surface area contributed by atoms with Crippen molar-refractivity contribution in [3.05, 3.63) is 54.6 Å². The van der Waals surface area contributed by atoms with Gasteiger partial charge in [-0.15, -0.1) is 0 Å². The number of ether oxygens (including phenoxy) is 5. The van der Waals surface area contributed by atoms with Crippen molar-refractivity contribution in [2.45, 2.75) is 145 Å². The minimum atomic E-state index is -3.67. The van der Waals surface area contributed by atoms with E-state index in [2.05, 4.69) is 20.1 Å². The third-order valence-corrected chi connectivity index (χ3v) is 12.8. The van der Waals surface area contributed by atoms with Gasteiger partial charge in [0.2, 0.25) is 0 Å². The predicted molar refractivity (Wildman–Crippen MR) is 195 cm³/mol. The average Bonchev–Trinajstić information content (AvgIpc) is 3.56. The van der Waals surface area contributed by atoms with E-state index in [4.69, 9.17) is 27.9 Å². The van der Waals surface area contributed by atoms with Crippen molar-refractivity contribution in [2.24, 2.45) is 11.8 Å². The maximum absolute atomic E-state index is 13.7. The van der Waals surface area contributed by atoms with Crippen molar-refractivity contribution in [1.29, 1.82) is 0 Å². The van der Waals surface area contributed by atoms with E-state index in [0.717, 1.165) is 31.1 Å². The summed E-state index contributed by atoms with van der Waals surface area (Å²) in [5.74, 6) is -1.21. The summed E-state index contributed by atoms with van der Waals surface area (Å²) in [5, 5.41) is 11.0. The zero-order chi connectivity index (χ0) is 37.6. The Hall–Kier alpha value is -1.68. The summed E-state index contributed by atoms with van der Waals surface area (Å²) < 4.78 is 87.5. The molecule has 3 aliphatic rings. The van der Waals surface area contributed by atoms with E-state index < -0.39 is 68.3 Å². The molecule has 0 aliphatic carbocycles. The van der Waals surface area contributed by atoms with E-state index in [1.54, 1.807) is 37.4 Å². The molecule has 3 fully saturated rings. The van der Waals surface area contributed by atoms with Crippen LogP contribution in [0.15, 0.2) is 59.5 Å². The van der Waals surface area contributed by atoms with Crippen molar-refractivity contribution in [2.75, 3.05) is 25.7 Å². The molecule has 0 spiro atoms. The molecule has 0 amide bonds. The van der Waals surface area contributed by atoms with Crippen LogP contribution in [0.1, 0.15) is 85.5 Å². The number of rotatable bonds is 19. The zero-order valence-corrected chi connectivity index (χ0v) is 32.8. The third-order valence-electron chi connectivity index (χ3n) is 10.3. The molecule has 1 aromatic rings. The first-order chi connectivity index (χ1) is 23.9. The van der Waals surface area contributed by atoms with Crippen LogP contribution in [0.4, 0.5) is 0 Å². The molecule has 3 saturated heterocycles. The van der Waals surface area contributed by atoms with Gasteiger partial charge in [-0.3, -0.25) is 4.18 Å². The second kappa shape index (κ2) is 18.1. The van der Waals surface area contributed by atoms with Crippen LogP contribution in [0.25, 0.3) is 0 Å². The molecule has 290 valence electrons. The fraction of sp³-hybridized carbons (Fsp3) is 0.737. The molecular weight excluding hydrogens is 697 g/mol. The van der Waals surface area contributed by atoms with Crippen LogP contribution in [-0.4, -0.2) is 102 Å². The highest BCUT2D eigenvalue weighted by Gasteiger charge is 2.50. The van der Waals surface area contributed by atoms with Crippen molar-refractivity contribution < 1.29 is 49.8 Å². The highest BCUT2D eigenvalue weighted by Crippen LogP contribution is 2.41. The number of aliphatic hydroxyl groups is 1. The van der Waals surface area contributed by atoms with Gasteiger partial charge in [-0.1, -0.05) is 58.0 Å². The monoisotopic (exact) mass is 756 g/mol. The lowest BCUT2D eigenvalue weighted by Crippen LogP contribution is -2.40. The standard InChI is InChI=1S/C38H60O11S2/c1-9-10-14-29(49-50(8,40)41)20-26(3)33(39)18-17-28-19-25(2)27(4)34(46-28)22-35-32(24-51(42,43)31-15-12-11-13-16-31)37(44-7)36(47-35)21-30-23-45-38(5,6)48-30/h11-13,15-16,25,28-30,32-37,39H,3-4,9-10,14,17-24H2,1-2,5-8H3/t25-,28+,29-,30+,32+,33+,34?,35+,36-,37-/m1/s1. The van der Waals surface area contributed by atoms with Crippen LogP contribution in [0, 0.1) is 11.8 Å². The summed E-state index contributed by atoms with van der Waals surface area (Å²) in [7, 11) is -5.73. The summed E-state index contributed by atoms with van der Waals surface area (Å²) in [4.78, 5) is 0.253. The van der Waals surface area contributed by atoms with E-state index in [9.17, 15) is 21.9 Å². The number of hydrogen-bond acceptors (Lipinski definition) is 11. The van der Waals surface area contributed by atoms with Gasteiger partial charge in [-0.05, 0) is 75.1 Å². The van der Waals surface area contributed by atoms with E-state index in [0.29, 0.717) is 44.3 Å². The molecule has 0 aromatic heterocycles. The number of methoxy groups -OCH3 is 1. The summed E-state index contributed by atoms with van der Waals surface area (Å²) in [6.07, 6.45) is 2.46. The van der Waals surface area contributed by atoms with Gasteiger partial charge in [0.05, 0.1) is 72.3 Å². The number of unbranched alkanes of at least 4 members (excludes halogenated alkanes) is 1. The van der Waals surface area contributed by atoms with Crippen LogP contribution < -0.4 is 0 Å². The van der Waals surface area contributed by atoms with E-state index in [1.807, 2.05) is 20.8 Å². The second-order valence-electron chi connectivity index (χ2n) is 15.1. The quantitative estimate of drug-likeness (QED) is 0.136. The smallest absolute Gasteiger partial charge is 0.264 e. The first-order valence-corrected chi connectivity index (χ1v) is 21.7. The topological polar surface area (TPSA) is 144 Å². The average molecular weight is 757 g/mol. The Labute approximate surface area is 306 Å². The summed E-state index contributed by atoms with van der Waals surface area (Å²) in [6.45, 7) is 16.7. The fourth-order valence-electron chi connectivity index (χ4n) is 7.64. The number of hydrogen-bond donors (Lipinski definition) is 1. The third kappa shape index (κ3) is 12.2. The maximum atomic E-state index is 13.7. The van der Waals surface area contributed by atoms with Gasteiger partial charge in [0, 0.05) is 25.9 Å². The molecule has 11 nitrogen and oxygen atoms in total. The Morgan fingerprint density at radius 1 is 1.06 bits per heavy atom. The van der Waals surface area contributed by atoms with Crippen LogP contribution in [0.5, 0.6) is 0 Å². The first-order valence-electron chi connectivity index (χ1n) is 18.3. The molecule has 0 saturated carbocycles. The van der Waals surface area contributed by atoms with Gasteiger partial charge < -0.3 is 28.8 Å². The van der Waals surface area contributed by atoms with Crippen molar-refractivity contribution in [3.8, 4) is 0 Å². The Balaban J connectivity index is 1.45. The van der Waals surface area contributed by atoms with Crippen molar-refractivity contribution in [3.63, 3.8) is 0 Å². The Bertz CT molecular complexity index is 1510. The highest BCUT2D eigenvalue weighted by atomic mass is 32.2. The number of sulfone groups is 1. The molecule has 13 heteroatoms. The molecule has 1 N–H and O–H groups in total. The largest absolute Gasteiger partial charge is 0.389 e. The van der Waals surface area contributed by atoms with Gasteiger partial charge in [-0.2, -0.15) is 8.42 Å². The van der Waals surface area contributed by atoms with E-state index >= 15 is 0 Å². The fourth-order valence-corrected chi connectivity index (χ4v) is 9.97. The van der Waals surface area contributed by atoms with Crippen LogP contribution in [-0.2, 0) is 47.8 Å². The summed E-state index contributed by atoms with van der Waals surface area (Å²) >= 11 is 0. The molecule has 0 bridgehead atoms. The molecular formula is C38H60O11S2. The Morgan fingerprint density at radius 2 is 1.76 bits per heavy atom. The predicted octanol–water partition coefficient (Wildman–Crippen LogP) is 5.76. The lowest BCUT2D eigenvalue weighted by atomic mass is 9.83. The van der Waals surface area contributed by atoms with Crippen molar-refractivity contribution in [1.82, 2.24) is 0 Å². The van der Waals surface area contributed by atoms with E-state index in [-0.39, 0.29) is 35.2 Å². The second-order valence-corrected chi connectivity index (χ2v) is 18.7. The highest BCUT2D eigenvalue weighted by molar-refractivity contribution is 7.91. The molecule has 3 aliphatic heterocycles. The van der Waals surface area contributed by atoms with Gasteiger partial charge in [0.1, 0.15) is 0 Å². The SMILES string of the molecule is C=C1C(C[C@@H]2O[C@H](C[C@H]3COC(C)(C)O3)[C@H](OC)[C@H]2CS(=O)(=O)c2ccccc2)O[C@@H](CC[C@H](O)C(=C)C[C@@H](CCCC)OS(C)(=O)=O)C[C@H]1C.